The molecule has 0 radical (unpaired) electrons. The summed E-state index contributed by atoms with van der Waals surface area (Å²) in [6.07, 6.45) is 12.7. The van der Waals surface area contributed by atoms with E-state index in [1.54, 1.807) is 0 Å². The molecule has 4 aromatic rings. The quantitative estimate of drug-likeness (QED) is 0.334. The van der Waals surface area contributed by atoms with Crippen molar-refractivity contribution in [2.24, 2.45) is 0 Å². The van der Waals surface area contributed by atoms with Gasteiger partial charge in [-0.2, -0.15) is 0 Å². The van der Waals surface area contributed by atoms with Gasteiger partial charge in [-0.15, -0.1) is 0 Å². The highest BCUT2D eigenvalue weighted by atomic mass is 14.9. The van der Waals surface area contributed by atoms with Crippen LogP contribution in [-0.2, 0) is 0 Å². The predicted molar refractivity (Wildman–Crippen MR) is 134 cm³/mol. The van der Waals surface area contributed by atoms with Gasteiger partial charge in [0.1, 0.15) is 5.82 Å². The van der Waals surface area contributed by atoms with E-state index in [-0.39, 0.29) is 0 Å². The average Bonchev–Trinajstić information content (AvgIpc) is 3.28. The monoisotopic (exact) mass is 419 g/mol. The molecule has 1 fully saturated rings. The van der Waals surface area contributed by atoms with Crippen molar-refractivity contribution in [3.8, 4) is 22.6 Å². The first kappa shape index (κ1) is 20.4. The number of benzene rings is 2. The predicted octanol–water partition coefficient (Wildman–Crippen LogP) is 7.93. The fourth-order valence-electron chi connectivity index (χ4n) is 4.71. The van der Waals surface area contributed by atoms with Gasteiger partial charge in [0.25, 0.3) is 0 Å². The molecule has 1 aliphatic carbocycles. The van der Waals surface area contributed by atoms with E-state index < -0.39 is 0 Å². The Balaban J connectivity index is 1.36. The van der Waals surface area contributed by atoms with Gasteiger partial charge in [-0.3, -0.25) is 4.98 Å². The van der Waals surface area contributed by atoms with Crippen molar-refractivity contribution in [1.82, 2.24) is 15.0 Å². The number of hydrogen-bond donors (Lipinski definition) is 1. The molecule has 2 aromatic carbocycles. The SMILES string of the molecule is C=C(/C=C\C)c1ccc2nc(-c3ccc(-c4ccc(C5CCCCC5)cc4)nc3)[nH]c2c1. The summed E-state index contributed by atoms with van der Waals surface area (Å²) in [4.78, 5) is 12.9. The van der Waals surface area contributed by atoms with Crippen LogP contribution in [0.2, 0.25) is 0 Å². The lowest BCUT2D eigenvalue weighted by Gasteiger charge is -2.22. The molecule has 32 heavy (non-hydrogen) atoms. The molecule has 3 heteroatoms. The van der Waals surface area contributed by atoms with Crippen LogP contribution in [0.4, 0.5) is 0 Å². The summed E-state index contributed by atoms with van der Waals surface area (Å²) in [5.74, 6) is 1.57. The lowest BCUT2D eigenvalue weighted by molar-refractivity contribution is 0.443. The molecule has 0 saturated heterocycles. The highest BCUT2D eigenvalue weighted by Crippen LogP contribution is 2.33. The normalized spacial score (nSPS) is 14.9. The summed E-state index contributed by atoms with van der Waals surface area (Å²) in [6.45, 7) is 6.13. The first-order chi connectivity index (χ1) is 15.7. The van der Waals surface area contributed by atoms with Crippen LogP contribution in [0.1, 0.15) is 56.1 Å². The number of nitrogens with zero attached hydrogens (tertiary/aromatic N) is 2. The molecule has 0 unspecified atom stereocenters. The largest absolute Gasteiger partial charge is 0.338 e. The van der Waals surface area contributed by atoms with Crippen LogP contribution >= 0.6 is 0 Å². The minimum atomic E-state index is 0.733. The number of fused-ring (bicyclic) bond motifs is 1. The van der Waals surface area contributed by atoms with Gasteiger partial charge in [-0.1, -0.05) is 68.3 Å². The van der Waals surface area contributed by atoms with Crippen LogP contribution in [0, 0.1) is 0 Å². The topological polar surface area (TPSA) is 41.6 Å². The van der Waals surface area contributed by atoms with E-state index in [1.807, 2.05) is 31.3 Å². The summed E-state index contributed by atoms with van der Waals surface area (Å²) in [7, 11) is 0. The van der Waals surface area contributed by atoms with Gasteiger partial charge < -0.3 is 4.98 Å². The first-order valence-corrected chi connectivity index (χ1v) is 11.6. The van der Waals surface area contributed by atoms with Crippen LogP contribution in [0.3, 0.4) is 0 Å². The number of imidazole rings is 1. The Morgan fingerprint density at radius 3 is 2.47 bits per heavy atom. The highest BCUT2D eigenvalue weighted by Gasteiger charge is 2.15. The number of aromatic amines is 1. The Kier molecular flexibility index (Phi) is 5.72. The summed E-state index contributed by atoms with van der Waals surface area (Å²) in [5, 5.41) is 0. The van der Waals surface area contributed by atoms with Crippen LogP contribution < -0.4 is 0 Å². The minimum Gasteiger partial charge on any atom is -0.338 e. The summed E-state index contributed by atoms with van der Waals surface area (Å²) >= 11 is 0. The zero-order valence-corrected chi connectivity index (χ0v) is 18.6. The molecular weight excluding hydrogens is 390 g/mol. The minimum absolute atomic E-state index is 0.733. The summed E-state index contributed by atoms with van der Waals surface area (Å²) < 4.78 is 0. The lowest BCUT2D eigenvalue weighted by atomic mass is 9.84. The van der Waals surface area contributed by atoms with Gasteiger partial charge in [0.2, 0.25) is 0 Å². The van der Waals surface area contributed by atoms with Gasteiger partial charge in [0.05, 0.1) is 16.7 Å². The van der Waals surface area contributed by atoms with E-state index in [2.05, 4.69) is 60.1 Å². The maximum absolute atomic E-state index is 4.75. The maximum Gasteiger partial charge on any atom is 0.140 e. The zero-order chi connectivity index (χ0) is 21.9. The Hall–Kier alpha value is -3.46. The van der Waals surface area contributed by atoms with Crippen LogP contribution in [0.5, 0.6) is 0 Å². The molecule has 0 atom stereocenters. The maximum atomic E-state index is 4.75. The van der Waals surface area contributed by atoms with E-state index in [4.69, 9.17) is 9.97 Å². The van der Waals surface area contributed by atoms with Crippen LogP contribution in [0.25, 0.3) is 39.3 Å². The molecule has 1 N–H and O–H groups in total. The van der Waals surface area contributed by atoms with E-state index in [0.717, 1.165) is 50.7 Å². The number of pyridine rings is 1. The van der Waals surface area contributed by atoms with Crippen molar-refractivity contribution >= 4 is 16.6 Å². The summed E-state index contributed by atoms with van der Waals surface area (Å²) in [6, 6.07) is 19.4. The molecule has 0 spiro atoms. The number of allylic oxidation sites excluding steroid dienone is 3. The third-order valence-electron chi connectivity index (χ3n) is 6.54. The van der Waals surface area contributed by atoms with Crippen molar-refractivity contribution < 1.29 is 0 Å². The molecular formula is C29H29N3. The molecule has 3 nitrogen and oxygen atoms in total. The molecule has 2 aromatic heterocycles. The highest BCUT2D eigenvalue weighted by molar-refractivity contribution is 5.85. The molecule has 5 rings (SSSR count). The third kappa shape index (κ3) is 4.16. The molecule has 0 aliphatic heterocycles. The first-order valence-electron chi connectivity index (χ1n) is 11.6. The number of hydrogen-bond acceptors (Lipinski definition) is 2. The van der Waals surface area contributed by atoms with Crippen molar-refractivity contribution in [2.75, 3.05) is 0 Å². The van der Waals surface area contributed by atoms with Crippen molar-refractivity contribution in [3.05, 3.63) is 90.7 Å². The standard InChI is InChI=1S/C29H29N3/c1-3-7-20(2)24-14-17-27-28(18-24)32-29(31-27)25-15-16-26(30-19-25)23-12-10-22(11-13-23)21-8-5-4-6-9-21/h3,7,10-19,21H,2,4-6,8-9H2,1H3,(H,31,32)/b7-3-. The number of H-pyrrole nitrogens is 1. The van der Waals surface area contributed by atoms with E-state index in [0.29, 0.717) is 0 Å². The third-order valence-corrected chi connectivity index (χ3v) is 6.54. The molecule has 1 saturated carbocycles. The van der Waals surface area contributed by atoms with Gasteiger partial charge in [-0.05, 0) is 66.6 Å². The van der Waals surface area contributed by atoms with Crippen LogP contribution in [-0.4, -0.2) is 15.0 Å². The zero-order valence-electron chi connectivity index (χ0n) is 18.6. The molecule has 0 bridgehead atoms. The fourth-order valence-corrected chi connectivity index (χ4v) is 4.71. The Morgan fingerprint density at radius 1 is 0.969 bits per heavy atom. The Morgan fingerprint density at radius 2 is 1.75 bits per heavy atom. The van der Waals surface area contributed by atoms with Gasteiger partial charge in [0.15, 0.2) is 0 Å². The average molecular weight is 420 g/mol. The molecule has 0 amide bonds. The molecule has 160 valence electrons. The molecule has 1 aliphatic rings. The Bertz CT molecular complexity index is 1250. The van der Waals surface area contributed by atoms with Gasteiger partial charge >= 0.3 is 0 Å². The fraction of sp³-hybridized carbons (Fsp3) is 0.241. The lowest BCUT2D eigenvalue weighted by Crippen LogP contribution is -2.04. The van der Waals surface area contributed by atoms with Gasteiger partial charge in [0, 0.05) is 17.3 Å². The van der Waals surface area contributed by atoms with Crippen molar-refractivity contribution in [2.45, 2.75) is 44.9 Å². The summed E-state index contributed by atoms with van der Waals surface area (Å²) in [5.41, 5.74) is 8.64. The molecule has 2 heterocycles. The second-order valence-electron chi connectivity index (χ2n) is 8.73. The number of nitrogens with one attached hydrogen (secondary N) is 1. The van der Waals surface area contributed by atoms with Gasteiger partial charge in [-0.25, -0.2) is 4.98 Å². The second kappa shape index (κ2) is 8.96. The Labute approximate surface area is 190 Å². The van der Waals surface area contributed by atoms with Crippen molar-refractivity contribution in [3.63, 3.8) is 0 Å². The number of rotatable bonds is 5. The van der Waals surface area contributed by atoms with Crippen molar-refractivity contribution in [1.29, 1.82) is 0 Å². The van der Waals surface area contributed by atoms with Crippen LogP contribution in [0.15, 0.2) is 79.5 Å². The number of aromatic nitrogens is 3. The van der Waals surface area contributed by atoms with E-state index in [1.165, 1.54) is 37.7 Å². The van der Waals surface area contributed by atoms with E-state index in [9.17, 15) is 0 Å². The second-order valence-corrected chi connectivity index (χ2v) is 8.73. The smallest absolute Gasteiger partial charge is 0.140 e. The van der Waals surface area contributed by atoms with E-state index >= 15 is 0 Å².